The van der Waals surface area contributed by atoms with E-state index in [9.17, 15) is 0 Å². The van der Waals surface area contributed by atoms with Gasteiger partial charge in [0.25, 0.3) is 0 Å². The maximum atomic E-state index is 6.37. The van der Waals surface area contributed by atoms with E-state index < -0.39 is 8.07 Å². The van der Waals surface area contributed by atoms with E-state index in [1.54, 1.807) is 0 Å². The molecule has 0 amide bonds. The van der Waals surface area contributed by atoms with Gasteiger partial charge < -0.3 is 4.42 Å². The van der Waals surface area contributed by atoms with Crippen LogP contribution in [-0.4, -0.2) is 27.2 Å². The first kappa shape index (κ1) is 36.3. The molecule has 0 unspecified atom stereocenters. The molecular formula is C58H38N4OSi. The van der Waals surface area contributed by atoms with Crippen molar-refractivity contribution in [3.63, 3.8) is 0 Å². The predicted octanol–water partition coefficient (Wildman–Crippen LogP) is 11.6. The second kappa shape index (κ2) is 14.4. The van der Waals surface area contributed by atoms with E-state index in [1.807, 2.05) is 6.07 Å². The molecule has 0 radical (unpaired) electrons. The number of fused-ring (bicyclic) bond motifs is 9. The molecule has 300 valence electrons. The predicted molar refractivity (Wildman–Crippen MR) is 267 cm³/mol. The fourth-order valence-electron chi connectivity index (χ4n) is 10.3. The zero-order chi connectivity index (χ0) is 42.2. The zero-order valence-corrected chi connectivity index (χ0v) is 35.6. The number of hydrogen-bond acceptors (Lipinski definition) is 3. The smallest absolute Gasteiger partial charge is 0.179 e. The molecule has 0 bridgehead atoms. The lowest BCUT2D eigenvalue weighted by molar-refractivity contribution is 0.669. The van der Waals surface area contributed by atoms with Gasteiger partial charge in [0.1, 0.15) is 22.8 Å². The summed E-state index contributed by atoms with van der Waals surface area (Å²) in [6.07, 6.45) is 0. The van der Waals surface area contributed by atoms with E-state index in [0.717, 1.165) is 61.2 Å². The first-order valence-electron chi connectivity index (χ1n) is 21.7. The molecule has 13 aromatic rings. The molecule has 0 aliphatic heterocycles. The van der Waals surface area contributed by atoms with Gasteiger partial charge in [0.2, 0.25) is 0 Å². The largest absolute Gasteiger partial charge is 0.456 e. The summed E-state index contributed by atoms with van der Waals surface area (Å²) in [7, 11) is -2.92. The van der Waals surface area contributed by atoms with Crippen molar-refractivity contribution in [3.8, 4) is 23.0 Å². The quantitative estimate of drug-likeness (QED) is 0.119. The van der Waals surface area contributed by atoms with Crippen LogP contribution in [0.2, 0.25) is 0 Å². The van der Waals surface area contributed by atoms with Crippen molar-refractivity contribution < 1.29 is 4.42 Å². The van der Waals surface area contributed by atoms with Crippen LogP contribution >= 0.6 is 0 Å². The summed E-state index contributed by atoms with van der Waals surface area (Å²) < 4.78 is 11.0. The molecule has 0 aliphatic carbocycles. The topological polar surface area (TPSA) is 48.8 Å². The highest BCUT2D eigenvalue weighted by Crippen LogP contribution is 2.36. The first-order valence-corrected chi connectivity index (χ1v) is 23.7. The lowest BCUT2D eigenvalue weighted by Gasteiger charge is -2.34. The van der Waals surface area contributed by atoms with E-state index in [1.165, 1.54) is 42.3 Å². The maximum Gasteiger partial charge on any atom is 0.179 e. The Bertz CT molecular complexity index is 3630. The molecule has 0 spiro atoms. The number of nitrogens with zero attached hydrogens (tertiary/aromatic N) is 4. The SMILES string of the molecule is c1ccc([Si](c2ccccc2)(c2ccc(-c3nc(-n4c5ccccc5c5ccccc54)cc(-n4c5ccccc5c5ccccc54)n3)cc2)c2ccc3oc4ccccc4c3c2)cc1. The average molecular weight is 835 g/mol. The highest BCUT2D eigenvalue weighted by molar-refractivity contribution is 7.20. The molecule has 13 rings (SSSR count). The Morgan fingerprint density at radius 2 is 0.703 bits per heavy atom. The standard InChI is InChI=1S/C58H38N4OSi/c1-3-17-40(18-4-1)64(41-19-5-2-6-20-41,43-35-36-55-49(37-43)48-25-11-16-30-54(48)63-55)42-33-31-39(32-34-42)58-59-56(61-50-26-12-7-21-44(50)45-22-8-13-27-51(45)61)38-57(60-58)62-52-28-14-9-23-46(52)47-24-10-15-29-53(47)62/h1-38H. The molecule has 6 heteroatoms. The zero-order valence-electron chi connectivity index (χ0n) is 34.6. The number of hydrogen-bond donors (Lipinski definition) is 0. The number of furan rings is 1. The van der Waals surface area contributed by atoms with Crippen molar-refractivity contribution in [3.05, 3.63) is 231 Å². The molecule has 0 saturated carbocycles. The van der Waals surface area contributed by atoms with Gasteiger partial charge in [0, 0.05) is 43.9 Å². The third-order valence-corrected chi connectivity index (χ3v) is 17.9. The summed E-state index contributed by atoms with van der Waals surface area (Å²) in [6, 6.07) is 83.0. The third-order valence-electron chi connectivity index (χ3n) is 13.1. The molecule has 9 aromatic carbocycles. The summed E-state index contributed by atoms with van der Waals surface area (Å²) in [6.45, 7) is 0. The number of aromatic nitrogens is 4. The lowest BCUT2D eigenvalue weighted by Crippen LogP contribution is -2.74. The minimum Gasteiger partial charge on any atom is -0.456 e. The van der Waals surface area contributed by atoms with Crippen LogP contribution in [0.1, 0.15) is 0 Å². The van der Waals surface area contributed by atoms with Crippen LogP contribution in [0.25, 0.3) is 88.6 Å². The van der Waals surface area contributed by atoms with Crippen LogP contribution in [0, 0.1) is 0 Å². The Morgan fingerprint density at radius 1 is 0.312 bits per heavy atom. The van der Waals surface area contributed by atoms with Crippen LogP contribution in [0.3, 0.4) is 0 Å². The summed E-state index contributed by atoms with van der Waals surface area (Å²) in [5.41, 5.74) is 7.12. The summed E-state index contributed by atoms with van der Waals surface area (Å²) in [4.78, 5) is 11.0. The van der Waals surface area contributed by atoms with Gasteiger partial charge in [-0.25, -0.2) is 9.97 Å². The average Bonchev–Trinajstić information content (AvgIpc) is 4.03. The minimum atomic E-state index is -2.92. The van der Waals surface area contributed by atoms with Gasteiger partial charge in [0.15, 0.2) is 13.9 Å². The number of para-hydroxylation sites is 5. The molecule has 64 heavy (non-hydrogen) atoms. The van der Waals surface area contributed by atoms with E-state index in [-0.39, 0.29) is 0 Å². The molecule has 0 atom stereocenters. The molecule has 4 heterocycles. The van der Waals surface area contributed by atoms with Crippen LogP contribution in [-0.2, 0) is 0 Å². The van der Waals surface area contributed by atoms with Crippen LogP contribution in [0.5, 0.6) is 0 Å². The Kier molecular flexibility index (Phi) is 8.16. The van der Waals surface area contributed by atoms with E-state index >= 15 is 0 Å². The normalized spacial score (nSPS) is 12.1. The highest BCUT2D eigenvalue weighted by Gasteiger charge is 2.41. The minimum absolute atomic E-state index is 0.653. The van der Waals surface area contributed by atoms with Gasteiger partial charge in [-0.3, -0.25) is 9.13 Å². The van der Waals surface area contributed by atoms with E-state index in [2.05, 4.69) is 234 Å². The van der Waals surface area contributed by atoms with Crippen LogP contribution in [0.15, 0.2) is 235 Å². The second-order valence-electron chi connectivity index (χ2n) is 16.5. The lowest BCUT2D eigenvalue weighted by atomic mass is 10.1. The fraction of sp³-hybridized carbons (Fsp3) is 0. The van der Waals surface area contributed by atoms with Gasteiger partial charge in [-0.15, -0.1) is 0 Å². The number of benzene rings is 9. The van der Waals surface area contributed by atoms with Crippen LogP contribution < -0.4 is 20.7 Å². The molecule has 4 aromatic heterocycles. The third kappa shape index (κ3) is 5.43. The molecule has 0 saturated heterocycles. The van der Waals surface area contributed by atoms with Crippen molar-refractivity contribution in [2.24, 2.45) is 0 Å². The van der Waals surface area contributed by atoms with Crippen molar-refractivity contribution in [2.45, 2.75) is 0 Å². The Balaban J connectivity index is 1.06. The number of rotatable bonds is 7. The molecular weight excluding hydrogens is 797 g/mol. The Labute approximate surface area is 369 Å². The van der Waals surface area contributed by atoms with Gasteiger partial charge in [-0.1, -0.05) is 188 Å². The summed E-state index contributed by atoms with van der Waals surface area (Å²) in [5, 5.41) is 12.2. The van der Waals surface area contributed by atoms with E-state index in [4.69, 9.17) is 14.4 Å². The Hall–Kier alpha value is -8.32. The van der Waals surface area contributed by atoms with Crippen molar-refractivity contribution in [1.29, 1.82) is 0 Å². The summed E-state index contributed by atoms with van der Waals surface area (Å²) >= 11 is 0. The monoisotopic (exact) mass is 834 g/mol. The highest BCUT2D eigenvalue weighted by atomic mass is 28.3. The fourth-order valence-corrected chi connectivity index (χ4v) is 15.1. The van der Waals surface area contributed by atoms with Gasteiger partial charge in [-0.05, 0) is 57.1 Å². The molecule has 0 N–H and O–H groups in total. The second-order valence-corrected chi connectivity index (χ2v) is 20.3. The van der Waals surface area contributed by atoms with Crippen molar-refractivity contribution >= 4 is 94.4 Å². The van der Waals surface area contributed by atoms with Crippen LogP contribution in [0.4, 0.5) is 0 Å². The van der Waals surface area contributed by atoms with Gasteiger partial charge in [-0.2, -0.15) is 0 Å². The Morgan fingerprint density at radius 3 is 1.20 bits per heavy atom. The van der Waals surface area contributed by atoms with Gasteiger partial charge in [0.05, 0.1) is 22.1 Å². The molecule has 0 fully saturated rings. The first-order chi connectivity index (χ1) is 31.7. The van der Waals surface area contributed by atoms with Crippen molar-refractivity contribution in [2.75, 3.05) is 0 Å². The maximum absolute atomic E-state index is 6.37. The van der Waals surface area contributed by atoms with E-state index in [0.29, 0.717) is 5.82 Å². The summed E-state index contributed by atoms with van der Waals surface area (Å²) in [5.74, 6) is 2.27. The molecule has 5 nitrogen and oxygen atoms in total. The van der Waals surface area contributed by atoms with Crippen molar-refractivity contribution in [1.82, 2.24) is 19.1 Å². The molecule has 0 aliphatic rings. The van der Waals surface area contributed by atoms with Gasteiger partial charge >= 0.3 is 0 Å².